The van der Waals surface area contributed by atoms with Crippen molar-refractivity contribution in [3.63, 3.8) is 0 Å². The van der Waals surface area contributed by atoms with Crippen LogP contribution in [0.3, 0.4) is 0 Å². The molecule has 1 aromatic rings. The molecule has 0 heterocycles. The number of hydrogen-bond donors (Lipinski definition) is 0. The van der Waals surface area contributed by atoms with Crippen LogP contribution in [0, 0.1) is 0 Å². The molecule has 1 aromatic carbocycles. The number of halogens is 1. The van der Waals surface area contributed by atoms with Crippen molar-refractivity contribution in [3.05, 3.63) is 59.4 Å². The Morgan fingerprint density at radius 3 is 2.47 bits per heavy atom. The molecule has 19 heavy (non-hydrogen) atoms. The number of ether oxygens (including phenoxy) is 2. The summed E-state index contributed by atoms with van der Waals surface area (Å²) in [5, 5.41) is 0. The summed E-state index contributed by atoms with van der Waals surface area (Å²) in [6.45, 7) is 0. The molecule has 0 spiro atoms. The first-order chi connectivity index (χ1) is 9.10. The summed E-state index contributed by atoms with van der Waals surface area (Å²) in [4.78, 5) is 12.4. The summed E-state index contributed by atoms with van der Waals surface area (Å²) >= 11 is 3.49. The first-order valence-corrected chi connectivity index (χ1v) is 6.69. The molecule has 1 unspecified atom stereocenters. The van der Waals surface area contributed by atoms with Crippen molar-refractivity contribution in [2.24, 2.45) is 0 Å². The third-order valence-electron chi connectivity index (χ3n) is 3.09. The van der Waals surface area contributed by atoms with Crippen molar-refractivity contribution < 1.29 is 14.3 Å². The predicted octanol–water partition coefficient (Wildman–Crippen LogP) is 3.47. The number of alkyl halides is 1. The lowest BCUT2D eigenvalue weighted by Gasteiger charge is -2.30. The summed E-state index contributed by atoms with van der Waals surface area (Å²) in [5.41, 5.74) is 1.36. The normalized spacial score (nSPS) is 22.5. The molecule has 1 aliphatic rings. The molecule has 0 radical (unpaired) electrons. The third kappa shape index (κ3) is 2.80. The molecule has 4 heteroatoms. The van der Waals surface area contributed by atoms with Crippen molar-refractivity contribution >= 4 is 21.7 Å². The van der Waals surface area contributed by atoms with Crippen molar-refractivity contribution in [3.8, 4) is 0 Å². The number of hydrogen-bond acceptors (Lipinski definition) is 3. The molecule has 0 bridgehead atoms. The quantitative estimate of drug-likeness (QED) is 0.629. The van der Waals surface area contributed by atoms with Gasteiger partial charge in [-0.05, 0) is 22.0 Å². The zero-order chi connectivity index (χ0) is 13.9. The number of benzene rings is 1. The highest BCUT2D eigenvalue weighted by Gasteiger charge is 2.37. The van der Waals surface area contributed by atoms with Gasteiger partial charge in [-0.3, -0.25) is 4.79 Å². The van der Waals surface area contributed by atoms with Crippen LogP contribution in [0.4, 0.5) is 0 Å². The fourth-order valence-electron chi connectivity index (χ4n) is 2.02. The van der Waals surface area contributed by atoms with Crippen LogP contribution in [0.15, 0.2) is 53.8 Å². The Labute approximate surface area is 121 Å². The van der Waals surface area contributed by atoms with E-state index < -0.39 is 4.51 Å². The molecule has 1 aliphatic carbocycles. The molecule has 0 saturated heterocycles. The third-order valence-corrected chi connectivity index (χ3v) is 4.09. The summed E-state index contributed by atoms with van der Waals surface area (Å²) in [6.07, 6.45) is 3.97. The standard InChI is InChI=1S/C15H15BrO3/c1-18-13-9-8-12(10-15(13,16)19-2)14(17)11-6-4-3-5-7-11/h3-9H,10H2,1-2H3. The summed E-state index contributed by atoms with van der Waals surface area (Å²) in [7, 11) is 3.16. The molecule has 0 amide bonds. The van der Waals surface area contributed by atoms with E-state index in [0.717, 1.165) is 0 Å². The van der Waals surface area contributed by atoms with E-state index in [2.05, 4.69) is 15.9 Å². The van der Waals surface area contributed by atoms with E-state index in [0.29, 0.717) is 23.3 Å². The molecule has 3 nitrogen and oxygen atoms in total. The number of allylic oxidation sites excluding steroid dienone is 2. The molecule has 0 N–H and O–H groups in total. The van der Waals surface area contributed by atoms with Crippen molar-refractivity contribution in [2.75, 3.05) is 14.2 Å². The van der Waals surface area contributed by atoms with Gasteiger partial charge < -0.3 is 9.47 Å². The van der Waals surface area contributed by atoms with Crippen LogP contribution in [0.2, 0.25) is 0 Å². The van der Waals surface area contributed by atoms with Crippen LogP contribution < -0.4 is 0 Å². The van der Waals surface area contributed by atoms with Gasteiger partial charge in [0.1, 0.15) is 5.76 Å². The van der Waals surface area contributed by atoms with Crippen LogP contribution in [-0.4, -0.2) is 24.5 Å². The molecule has 0 saturated carbocycles. The first-order valence-electron chi connectivity index (χ1n) is 5.90. The van der Waals surface area contributed by atoms with Gasteiger partial charge in [0.05, 0.1) is 7.11 Å². The topological polar surface area (TPSA) is 35.5 Å². The second-order valence-electron chi connectivity index (χ2n) is 4.23. The fraction of sp³-hybridized carbons (Fsp3) is 0.267. The highest BCUT2D eigenvalue weighted by molar-refractivity contribution is 9.10. The SMILES string of the molecule is COC1=CC=C(C(=O)c2ccccc2)CC1(Br)OC. The van der Waals surface area contributed by atoms with Gasteiger partial charge in [0.25, 0.3) is 0 Å². The van der Waals surface area contributed by atoms with Gasteiger partial charge in [-0.1, -0.05) is 36.4 Å². The van der Waals surface area contributed by atoms with Crippen molar-refractivity contribution in [1.82, 2.24) is 0 Å². The fourth-order valence-corrected chi connectivity index (χ4v) is 2.61. The van der Waals surface area contributed by atoms with E-state index in [1.54, 1.807) is 38.5 Å². The first kappa shape index (κ1) is 14.0. The lowest BCUT2D eigenvalue weighted by molar-refractivity contribution is 0.0547. The van der Waals surface area contributed by atoms with Gasteiger partial charge in [-0.25, -0.2) is 0 Å². The van der Waals surface area contributed by atoms with Gasteiger partial charge >= 0.3 is 0 Å². The minimum absolute atomic E-state index is 0.00729. The van der Waals surface area contributed by atoms with Crippen molar-refractivity contribution in [1.29, 1.82) is 0 Å². The van der Waals surface area contributed by atoms with E-state index >= 15 is 0 Å². The van der Waals surface area contributed by atoms with E-state index in [1.165, 1.54) is 0 Å². The lowest BCUT2D eigenvalue weighted by Crippen LogP contribution is -2.31. The summed E-state index contributed by atoms with van der Waals surface area (Å²) in [6, 6.07) is 9.21. The number of carbonyl (C=O) groups excluding carboxylic acids is 1. The molecular formula is C15H15BrO3. The summed E-state index contributed by atoms with van der Waals surface area (Å²) < 4.78 is 9.93. The highest BCUT2D eigenvalue weighted by Crippen LogP contribution is 2.39. The highest BCUT2D eigenvalue weighted by atomic mass is 79.9. The molecule has 100 valence electrons. The maximum absolute atomic E-state index is 12.4. The van der Waals surface area contributed by atoms with Crippen LogP contribution in [0.5, 0.6) is 0 Å². The Balaban J connectivity index is 2.30. The second kappa shape index (κ2) is 5.72. The van der Waals surface area contributed by atoms with Gasteiger partial charge in [0.15, 0.2) is 10.3 Å². The smallest absolute Gasteiger partial charge is 0.189 e. The average Bonchev–Trinajstić information content (AvgIpc) is 2.47. The number of Topliss-reactive ketones (excluding diaryl/α,β-unsaturated/α-hetero) is 1. The van der Waals surface area contributed by atoms with E-state index in [9.17, 15) is 4.79 Å². The summed E-state index contributed by atoms with van der Waals surface area (Å²) in [5.74, 6) is 0.660. The van der Waals surface area contributed by atoms with Gasteiger partial charge in [0.2, 0.25) is 0 Å². The van der Waals surface area contributed by atoms with Gasteiger partial charge in [-0.2, -0.15) is 0 Å². The maximum Gasteiger partial charge on any atom is 0.189 e. The Kier molecular flexibility index (Phi) is 4.22. The largest absolute Gasteiger partial charge is 0.497 e. The molecule has 0 aromatic heterocycles. The zero-order valence-corrected chi connectivity index (χ0v) is 12.4. The van der Waals surface area contributed by atoms with Crippen LogP contribution in [0.25, 0.3) is 0 Å². The zero-order valence-electron chi connectivity index (χ0n) is 10.9. The molecular weight excluding hydrogens is 308 g/mol. The number of rotatable bonds is 4. The number of ketones is 1. The Morgan fingerprint density at radius 1 is 1.21 bits per heavy atom. The van der Waals surface area contributed by atoms with Crippen LogP contribution >= 0.6 is 15.9 Å². The number of carbonyl (C=O) groups is 1. The van der Waals surface area contributed by atoms with Crippen LogP contribution in [0.1, 0.15) is 16.8 Å². The van der Waals surface area contributed by atoms with Gasteiger partial charge in [-0.15, -0.1) is 0 Å². The van der Waals surface area contributed by atoms with E-state index in [-0.39, 0.29) is 5.78 Å². The van der Waals surface area contributed by atoms with Gasteiger partial charge in [0, 0.05) is 24.7 Å². The predicted molar refractivity (Wildman–Crippen MR) is 77.2 cm³/mol. The molecule has 2 rings (SSSR count). The van der Waals surface area contributed by atoms with Crippen molar-refractivity contribution in [2.45, 2.75) is 10.9 Å². The Bertz CT molecular complexity index is 534. The van der Waals surface area contributed by atoms with E-state index in [1.807, 2.05) is 18.2 Å². The van der Waals surface area contributed by atoms with Crippen LogP contribution in [-0.2, 0) is 9.47 Å². The Morgan fingerprint density at radius 2 is 1.89 bits per heavy atom. The maximum atomic E-state index is 12.4. The second-order valence-corrected chi connectivity index (χ2v) is 5.51. The van der Waals surface area contributed by atoms with E-state index in [4.69, 9.17) is 9.47 Å². The molecule has 1 atom stereocenters. The molecule has 0 aliphatic heterocycles. The average molecular weight is 323 g/mol. The lowest BCUT2D eigenvalue weighted by atomic mass is 9.94. The molecule has 0 fully saturated rings. The monoisotopic (exact) mass is 322 g/mol. The number of methoxy groups -OCH3 is 2. The minimum atomic E-state index is -0.768. The Hall–Kier alpha value is -1.39. The minimum Gasteiger partial charge on any atom is -0.497 e.